The lowest BCUT2D eigenvalue weighted by molar-refractivity contribution is -0.143. The number of halogens is 5. The van der Waals surface area contributed by atoms with Gasteiger partial charge in [-0.25, -0.2) is 13.6 Å². The largest absolute Gasteiger partial charge is 0.333 e. The molecule has 1 saturated heterocycles. The van der Waals surface area contributed by atoms with E-state index in [0.717, 1.165) is 5.56 Å². The molecule has 2 aromatic carbocycles. The van der Waals surface area contributed by atoms with E-state index in [-0.39, 0.29) is 21.2 Å². The summed E-state index contributed by atoms with van der Waals surface area (Å²) in [4.78, 5) is 38.4. The van der Waals surface area contributed by atoms with Crippen LogP contribution in [0.1, 0.15) is 35.5 Å². The van der Waals surface area contributed by atoms with Crippen LogP contribution in [-0.2, 0) is 9.59 Å². The summed E-state index contributed by atoms with van der Waals surface area (Å²) in [5.41, 5.74) is 1.03. The predicted octanol–water partition coefficient (Wildman–Crippen LogP) is 5.86. The molecule has 0 spiro atoms. The third-order valence-corrected chi connectivity index (χ3v) is 6.06. The lowest BCUT2D eigenvalue weighted by Gasteiger charge is -2.34. The molecule has 0 radical (unpaired) electrons. The first-order chi connectivity index (χ1) is 14.6. The van der Waals surface area contributed by atoms with E-state index in [1.807, 2.05) is 0 Å². The molecule has 1 aliphatic rings. The summed E-state index contributed by atoms with van der Waals surface area (Å²) in [7, 11) is 0. The van der Waals surface area contributed by atoms with E-state index in [0.29, 0.717) is 14.8 Å². The van der Waals surface area contributed by atoms with Crippen molar-refractivity contribution in [3.63, 3.8) is 0 Å². The fourth-order valence-corrected chi connectivity index (χ4v) is 3.58. The minimum absolute atomic E-state index is 0.108. The molecule has 10 heteroatoms. The summed E-state index contributed by atoms with van der Waals surface area (Å²) in [5.74, 6) is -1.71. The molecule has 2 aromatic rings. The number of imide groups is 2. The van der Waals surface area contributed by atoms with Gasteiger partial charge in [-0.1, -0.05) is 53.0 Å². The first-order valence-electron chi connectivity index (χ1n) is 9.22. The Bertz CT molecular complexity index is 971. The van der Waals surface area contributed by atoms with Gasteiger partial charge in [0.05, 0.1) is 23.1 Å². The van der Waals surface area contributed by atoms with Gasteiger partial charge < -0.3 is 0 Å². The van der Waals surface area contributed by atoms with Gasteiger partial charge >= 0.3 is 6.03 Å². The number of urea groups is 1. The summed E-state index contributed by atoms with van der Waals surface area (Å²) >= 11 is 17.7. The quantitative estimate of drug-likeness (QED) is 0.478. The van der Waals surface area contributed by atoms with Crippen LogP contribution < -0.4 is 0 Å². The highest BCUT2D eigenvalue weighted by molar-refractivity contribution is 6.42. The SMILES string of the molecule is Cc1ccc([C@H](F)CN2C(=O)CC(=O)N(C[C@H](F)c3ccc(Cl)c(Cl)c3)C2=O)cc1Cl. The first-order valence-corrected chi connectivity index (χ1v) is 10.4. The summed E-state index contributed by atoms with van der Waals surface area (Å²) in [6.07, 6.45) is -4.16. The van der Waals surface area contributed by atoms with Gasteiger partial charge in [0.25, 0.3) is 0 Å². The van der Waals surface area contributed by atoms with Gasteiger partial charge in [-0.2, -0.15) is 0 Å². The zero-order valence-electron chi connectivity index (χ0n) is 16.2. The zero-order chi connectivity index (χ0) is 22.9. The van der Waals surface area contributed by atoms with Crippen molar-refractivity contribution in [2.45, 2.75) is 25.7 Å². The molecule has 31 heavy (non-hydrogen) atoms. The van der Waals surface area contributed by atoms with Crippen molar-refractivity contribution in [3.8, 4) is 0 Å². The molecule has 2 atom stereocenters. The molecular formula is C21H17Cl3F2N2O3. The maximum atomic E-state index is 14.8. The Hall–Kier alpha value is -2.22. The highest BCUT2D eigenvalue weighted by Crippen LogP contribution is 2.30. The highest BCUT2D eigenvalue weighted by Gasteiger charge is 2.40. The standard InChI is InChI=1S/C21H17Cl3F2N2O3/c1-11-2-3-12(6-15(11)23)17(25)9-27-19(29)8-20(30)28(21(27)31)10-18(26)13-4-5-14(22)16(24)7-13/h2-7,17-18H,8-10H2,1H3/t17-,18+/m1/s1. The second-order valence-electron chi connectivity index (χ2n) is 7.09. The van der Waals surface area contributed by atoms with E-state index in [9.17, 15) is 23.2 Å². The first kappa shape index (κ1) is 23.4. The van der Waals surface area contributed by atoms with E-state index in [2.05, 4.69) is 0 Å². The molecule has 4 amide bonds. The van der Waals surface area contributed by atoms with Crippen LogP contribution in [0.4, 0.5) is 13.6 Å². The van der Waals surface area contributed by atoms with Gasteiger partial charge in [0.15, 0.2) is 0 Å². The maximum Gasteiger partial charge on any atom is 0.333 e. The Balaban J connectivity index is 1.76. The monoisotopic (exact) mass is 488 g/mol. The third-order valence-electron chi connectivity index (χ3n) is 4.92. The molecule has 0 N–H and O–H groups in total. The topological polar surface area (TPSA) is 57.7 Å². The molecule has 0 bridgehead atoms. The molecule has 5 nitrogen and oxygen atoms in total. The van der Waals surface area contributed by atoms with E-state index in [1.54, 1.807) is 13.0 Å². The summed E-state index contributed by atoms with van der Waals surface area (Å²) in [6, 6.07) is 7.49. The Morgan fingerprint density at radius 3 is 1.77 bits per heavy atom. The number of hydrogen-bond donors (Lipinski definition) is 0. The number of nitrogens with zero attached hydrogens (tertiary/aromatic N) is 2. The van der Waals surface area contributed by atoms with Gasteiger partial charge in [0.1, 0.15) is 18.8 Å². The van der Waals surface area contributed by atoms with Crippen LogP contribution in [0.5, 0.6) is 0 Å². The molecule has 1 aliphatic heterocycles. The number of amides is 4. The number of carbonyl (C=O) groups is 3. The van der Waals surface area contributed by atoms with E-state index < -0.39 is 49.7 Å². The fourth-order valence-electron chi connectivity index (χ4n) is 3.08. The molecule has 0 aliphatic carbocycles. The average molecular weight is 490 g/mol. The zero-order valence-corrected chi connectivity index (χ0v) is 18.5. The van der Waals surface area contributed by atoms with Crippen molar-refractivity contribution in [3.05, 3.63) is 68.2 Å². The van der Waals surface area contributed by atoms with Crippen molar-refractivity contribution >= 4 is 52.6 Å². The van der Waals surface area contributed by atoms with Crippen molar-refractivity contribution in [1.82, 2.24) is 9.80 Å². The van der Waals surface area contributed by atoms with E-state index >= 15 is 0 Å². The van der Waals surface area contributed by atoms with Gasteiger partial charge in [0.2, 0.25) is 11.8 Å². The van der Waals surface area contributed by atoms with Gasteiger partial charge in [0, 0.05) is 5.02 Å². The van der Waals surface area contributed by atoms with Crippen LogP contribution in [0.2, 0.25) is 15.1 Å². The Kier molecular flexibility index (Phi) is 7.19. The van der Waals surface area contributed by atoms with E-state index in [1.165, 1.54) is 30.3 Å². The Morgan fingerprint density at radius 1 is 0.806 bits per heavy atom. The third kappa shape index (κ3) is 5.17. The van der Waals surface area contributed by atoms with Crippen molar-refractivity contribution in [1.29, 1.82) is 0 Å². The van der Waals surface area contributed by atoms with Crippen LogP contribution in [0.25, 0.3) is 0 Å². The van der Waals surface area contributed by atoms with Gasteiger partial charge in [-0.15, -0.1) is 0 Å². The molecule has 0 unspecified atom stereocenters. The lowest BCUT2D eigenvalue weighted by atomic mass is 10.1. The van der Waals surface area contributed by atoms with Crippen LogP contribution >= 0.6 is 34.8 Å². The van der Waals surface area contributed by atoms with Crippen molar-refractivity contribution < 1.29 is 23.2 Å². The average Bonchev–Trinajstić information content (AvgIpc) is 2.72. The Labute approximate surface area is 192 Å². The minimum Gasteiger partial charge on any atom is -0.274 e. The number of benzene rings is 2. The molecule has 1 heterocycles. The Morgan fingerprint density at radius 2 is 1.29 bits per heavy atom. The smallest absolute Gasteiger partial charge is 0.274 e. The summed E-state index contributed by atoms with van der Waals surface area (Å²) in [5, 5.41) is 0.687. The van der Waals surface area contributed by atoms with Gasteiger partial charge in [-0.3, -0.25) is 19.4 Å². The molecule has 0 aromatic heterocycles. The van der Waals surface area contributed by atoms with E-state index in [4.69, 9.17) is 34.8 Å². The lowest BCUT2D eigenvalue weighted by Crippen LogP contribution is -2.56. The summed E-state index contributed by atoms with van der Waals surface area (Å²) < 4.78 is 29.6. The predicted molar refractivity (Wildman–Crippen MR) is 114 cm³/mol. The second kappa shape index (κ2) is 9.51. The highest BCUT2D eigenvalue weighted by atomic mass is 35.5. The van der Waals surface area contributed by atoms with Crippen LogP contribution in [0, 0.1) is 6.92 Å². The molecular weight excluding hydrogens is 473 g/mol. The number of aryl methyl sites for hydroxylation is 1. The van der Waals surface area contributed by atoms with Gasteiger partial charge in [-0.05, 0) is 41.8 Å². The molecule has 1 fully saturated rings. The second-order valence-corrected chi connectivity index (χ2v) is 8.31. The molecule has 164 valence electrons. The fraction of sp³-hybridized carbons (Fsp3) is 0.286. The van der Waals surface area contributed by atoms with Crippen molar-refractivity contribution in [2.24, 2.45) is 0 Å². The maximum absolute atomic E-state index is 14.8. The normalized spacial score (nSPS) is 16.6. The molecule has 0 saturated carbocycles. The van der Waals surface area contributed by atoms with Crippen molar-refractivity contribution in [2.75, 3.05) is 13.1 Å². The number of alkyl halides is 2. The number of rotatable bonds is 6. The molecule has 3 rings (SSSR count). The number of hydrogen-bond acceptors (Lipinski definition) is 3. The van der Waals surface area contributed by atoms with Crippen LogP contribution in [0.3, 0.4) is 0 Å². The number of barbiturate groups is 1. The van der Waals surface area contributed by atoms with Crippen LogP contribution in [-0.4, -0.2) is 40.7 Å². The number of carbonyl (C=O) groups excluding carboxylic acids is 3. The summed E-state index contributed by atoms with van der Waals surface area (Å²) in [6.45, 7) is 0.485. The van der Waals surface area contributed by atoms with Crippen LogP contribution in [0.15, 0.2) is 36.4 Å². The minimum atomic E-state index is -1.77.